The number of hydrogen-bond acceptors (Lipinski definition) is 7. The zero-order valence-corrected chi connectivity index (χ0v) is 14.2. The monoisotopic (exact) mass is 377 g/mol. The van der Waals surface area contributed by atoms with Crippen molar-refractivity contribution < 1.29 is 28.7 Å². The first-order valence-corrected chi connectivity index (χ1v) is 7.83. The molecular weight excluding hydrogens is 366 g/mol. The summed E-state index contributed by atoms with van der Waals surface area (Å²) >= 11 is 5.84. The molecule has 134 valence electrons. The predicted octanol–water partition coefficient (Wildman–Crippen LogP) is 3.41. The van der Waals surface area contributed by atoms with Crippen molar-refractivity contribution in [1.82, 2.24) is 0 Å². The zero-order chi connectivity index (χ0) is 18.8. The molecular formula is C17H12ClNO7. The van der Waals surface area contributed by atoms with Gasteiger partial charge in [-0.15, -0.1) is 0 Å². The molecule has 0 saturated heterocycles. The Bertz CT molecular complexity index is 912. The normalized spacial score (nSPS) is 13.2. The number of nitro benzene ring substituents is 1. The lowest BCUT2D eigenvalue weighted by Gasteiger charge is -2.13. The van der Waals surface area contributed by atoms with Crippen LogP contribution in [0.15, 0.2) is 36.4 Å². The summed E-state index contributed by atoms with van der Waals surface area (Å²) < 4.78 is 15.3. The molecule has 2 aromatic rings. The minimum absolute atomic E-state index is 0.103. The second-order valence-corrected chi connectivity index (χ2v) is 5.84. The topological polar surface area (TPSA) is 105 Å². The Morgan fingerprint density at radius 1 is 1.23 bits per heavy atom. The van der Waals surface area contributed by atoms with Crippen LogP contribution in [0.5, 0.6) is 11.5 Å². The van der Waals surface area contributed by atoms with E-state index in [1.165, 1.54) is 25.1 Å². The van der Waals surface area contributed by atoms with Crippen molar-refractivity contribution in [1.29, 1.82) is 0 Å². The Morgan fingerprint density at radius 3 is 2.58 bits per heavy atom. The summed E-state index contributed by atoms with van der Waals surface area (Å²) in [6, 6.07) is 8.42. The lowest BCUT2D eigenvalue weighted by atomic mass is 10.1. The predicted molar refractivity (Wildman–Crippen MR) is 89.9 cm³/mol. The number of rotatable bonds is 5. The molecule has 3 rings (SSSR count). The smallest absolute Gasteiger partial charge is 0.346 e. The number of Topliss-reactive ketones (excluding diaryl/α,β-unsaturated/α-hetero) is 1. The van der Waals surface area contributed by atoms with Crippen molar-refractivity contribution in [3.05, 3.63) is 62.7 Å². The van der Waals surface area contributed by atoms with Crippen LogP contribution in [0.1, 0.15) is 27.6 Å². The number of esters is 1. The van der Waals surface area contributed by atoms with Crippen molar-refractivity contribution >= 4 is 29.0 Å². The Morgan fingerprint density at radius 2 is 1.92 bits per heavy atom. The highest BCUT2D eigenvalue weighted by Crippen LogP contribution is 2.38. The van der Waals surface area contributed by atoms with E-state index in [2.05, 4.69) is 0 Å². The van der Waals surface area contributed by atoms with Crippen molar-refractivity contribution in [3.8, 4) is 11.5 Å². The van der Waals surface area contributed by atoms with Gasteiger partial charge in [0.1, 0.15) is 5.56 Å². The van der Waals surface area contributed by atoms with Crippen LogP contribution in [-0.4, -0.2) is 29.6 Å². The molecule has 1 unspecified atom stereocenters. The fraction of sp³-hybridized carbons (Fsp3) is 0.176. The molecule has 0 saturated carbocycles. The third kappa shape index (κ3) is 3.45. The number of fused-ring (bicyclic) bond motifs is 1. The molecule has 0 N–H and O–H groups in total. The van der Waals surface area contributed by atoms with Crippen LogP contribution < -0.4 is 9.47 Å². The number of halogens is 1. The molecule has 0 fully saturated rings. The Balaban J connectivity index is 1.83. The summed E-state index contributed by atoms with van der Waals surface area (Å²) in [5.74, 6) is -1.14. The van der Waals surface area contributed by atoms with Gasteiger partial charge in [0.15, 0.2) is 17.6 Å². The number of benzene rings is 2. The van der Waals surface area contributed by atoms with E-state index in [0.29, 0.717) is 5.02 Å². The van der Waals surface area contributed by atoms with E-state index in [0.717, 1.165) is 6.07 Å². The molecule has 0 amide bonds. The van der Waals surface area contributed by atoms with Gasteiger partial charge < -0.3 is 14.2 Å². The van der Waals surface area contributed by atoms with Gasteiger partial charge in [-0.05, 0) is 19.1 Å². The van der Waals surface area contributed by atoms with Gasteiger partial charge in [-0.1, -0.05) is 23.7 Å². The maximum atomic E-state index is 12.4. The van der Waals surface area contributed by atoms with Gasteiger partial charge in [-0.25, -0.2) is 4.79 Å². The van der Waals surface area contributed by atoms with Crippen LogP contribution in [0.3, 0.4) is 0 Å². The highest BCUT2D eigenvalue weighted by Gasteiger charge is 2.30. The van der Waals surface area contributed by atoms with Crippen LogP contribution in [-0.2, 0) is 4.74 Å². The lowest BCUT2D eigenvalue weighted by Crippen LogP contribution is -2.24. The minimum Gasteiger partial charge on any atom is -0.454 e. The lowest BCUT2D eigenvalue weighted by molar-refractivity contribution is -0.385. The first kappa shape index (κ1) is 17.7. The first-order valence-electron chi connectivity index (χ1n) is 7.45. The van der Waals surface area contributed by atoms with Crippen LogP contribution >= 0.6 is 11.6 Å². The second-order valence-electron chi connectivity index (χ2n) is 5.40. The standard InChI is InChI=1S/C17H12ClNO7/c1-9(16(20)10-3-2-4-11(18)5-10)26-17(21)12-6-14-15(25-8-24-14)7-13(12)19(22)23/h2-7,9H,8H2,1H3. The number of carbonyl (C=O) groups excluding carboxylic acids is 2. The Hall–Kier alpha value is -3.13. The highest BCUT2D eigenvalue weighted by molar-refractivity contribution is 6.31. The van der Waals surface area contributed by atoms with E-state index in [-0.39, 0.29) is 29.4 Å². The van der Waals surface area contributed by atoms with Gasteiger partial charge in [-0.3, -0.25) is 14.9 Å². The number of hydrogen-bond donors (Lipinski definition) is 0. The highest BCUT2D eigenvalue weighted by atomic mass is 35.5. The second kappa shape index (κ2) is 7.01. The summed E-state index contributed by atoms with van der Waals surface area (Å²) in [4.78, 5) is 35.2. The Labute approximate surface area is 152 Å². The average Bonchev–Trinajstić information content (AvgIpc) is 3.07. The van der Waals surface area contributed by atoms with Gasteiger partial charge in [-0.2, -0.15) is 0 Å². The van der Waals surface area contributed by atoms with Crippen molar-refractivity contribution in [2.24, 2.45) is 0 Å². The fourth-order valence-electron chi connectivity index (χ4n) is 2.40. The summed E-state index contributed by atoms with van der Waals surface area (Å²) in [6.45, 7) is 1.27. The van der Waals surface area contributed by atoms with E-state index >= 15 is 0 Å². The molecule has 26 heavy (non-hydrogen) atoms. The zero-order valence-electron chi connectivity index (χ0n) is 13.4. The molecule has 0 bridgehead atoms. The maximum Gasteiger partial charge on any atom is 0.346 e. The quantitative estimate of drug-likeness (QED) is 0.340. The van der Waals surface area contributed by atoms with Crippen LogP contribution in [0, 0.1) is 10.1 Å². The van der Waals surface area contributed by atoms with Gasteiger partial charge in [0.25, 0.3) is 5.69 Å². The molecule has 1 aliphatic heterocycles. The summed E-state index contributed by atoms with van der Waals surface area (Å²) in [5, 5.41) is 11.6. The number of nitro groups is 1. The SMILES string of the molecule is CC(OC(=O)c1cc2c(cc1[N+](=O)[O-])OCO2)C(=O)c1cccc(Cl)c1. The van der Waals surface area contributed by atoms with Crippen molar-refractivity contribution in [3.63, 3.8) is 0 Å². The van der Waals surface area contributed by atoms with Crippen LogP contribution in [0.2, 0.25) is 5.02 Å². The molecule has 9 heteroatoms. The van der Waals surface area contributed by atoms with Gasteiger partial charge in [0.2, 0.25) is 12.6 Å². The molecule has 0 aromatic heterocycles. The third-order valence-corrected chi connectivity index (χ3v) is 3.90. The van der Waals surface area contributed by atoms with E-state index < -0.39 is 28.5 Å². The van der Waals surface area contributed by atoms with Gasteiger partial charge >= 0.3 is 5.97 Å². The van der Waals surface area contributed by atoms with E-state index in [4.69, 9.17) is 25.8 Å². The summed E-state index contributed by atoms with van der Waals surface area (Å²) in [5.41, 5.74) is -0.565. The summed E-state index contributed by atoms with van der Waals surface area (Å²) in [6.07, 6.45) is -1.16. The summed E-state index contributed by atoms with van der Waals surface area (Å²) in [7, 11) is 0. The number of carbonyl (C=O) groups is 2. The van der Waals surface area contributed by atoms with Crippen molar-refractivity contribution in [2.45, 2.75) is 13.0 Å². The molecule has 2 aromatic carbocycles. The molecule has 1 heterocycles. The molecule has 1 aliphatic rings. The number of ketones is 1. The first-order chi connectivity index (χ1) is 12.4. The Kier molecular flexibility index (Phi) is 4.77. The van der Waals surface area contributed by atoms with E-state index in [1.54, 1.807) is 12.1 Å². The molecule has 0 aliphatic carbocycles. The average molecular weight is 378 g/mol. The number of ether oxygens (including phenoxy) is 3. The molecule has 8 nitrogen and oxygen atoms in total. The minimum atomic E-state index is -1.16. The molecule has 0 radical (unpaired) electrons. The van der Waals surface area contributed by atoms with Gasteiger partial charge in [0, 0.05) is 16.7 Å². The largest absolute Gasteiger partial charge is 0.454 e. The van der Waals surface area contributed by atoms with Crippen molar-refractivity contribution in [2.75, 3.05) is 6.79 Å². The van der Waals surface area contributed by atoms with Crippen LogP contribution in [0.25, 0.3) is 0 Å². The maximum absolute atomic E-state index is 12.4. The van der Waals surface area contributed by atoms with Crippen LogP contribution in [0.4, 0.5) is 5.69 Å². The molecule has 1 atom stereocenters. The third-order valence-electron chi connectivity index (χ3n) is 3.67. The van der Waals surface area contributed by atoms with E-state index in [1.807, 2.05) is 0 Å². The van der Waals surface area contributed by atoms with Gasteiger partial charge in [0.05, 0.1) is 11.0 Å². The van der Waals surface area contributed by atoms with E-state index in [9.17, 15) is 19.7 Å². The molecule has 0 spiro atoms. The fourth-order valence-corrected chi connectivity index (χ4v) is 2.59. The number of nitrogens with zero attached hydrogens (tertiary/aromatic N) is 1.